The fourth-order valence-electron chi connectivity index (χ4n) is 1.79. The topological polar surface area (TPSA) is 84.6 Å². The zero-order valence-electron chi connectivity index (χ0n) is 12.0. The van der Waals surface area contributed by atoms with Gasteiger partial charge in [0.05, 0.1) is 10.5 Å². The first-order valence-electron chi connectivity index (χ1n) is 6.60. The summed E-state index contributed by atoms with van der Waals surface area (Å²) in [7, 11) is 1.61. The molecule has 2 N–H and O–H groups in total. The number of nitrogens with one attached hydrogen (secondary N) is 1. The predicted molar refractivity (Wildman–Crippen MR) is 76.8 cm³/mol. The van der Waals surface area contributed by atoms with Crippen LogP contribution in [0.3, 0.4) is 0 Å². The summed E-state index contributed by atoms with van der Waals surface area (Å²) in [6, 6.07) is 6.51. The molecule has 0 amide bonds. The van der Waals surface area contributed by atoms with Gasteiger partial charge in [0, 0.05) is 38.8 Å². The van der Waals surface area contributed by atoms with Gasteiger partial charge in [0.15, 0.2) is 0 Å². The lowest BCUT2D eigenvalue weighted by Crippen LogP contribution is -2.39. The third-order valence-electron chi connectivity index (χ3n) is 3.09. The Balaban J connectivity index is 2.28. The Hall–Kier alpha value is -1.50. The van der Waals surface area contributed by atoms with Crippen molar-refractivity contribution in [2.45, 2.75) is 25.4 Å². The summed E-state index contributed by atoms with van der Waals surface area (Å²) < 4.78 is 4.94. The van der Waals surface area contributed by atoms with Gasteiger partial charge in [-0.1, -0.05) is 12.1 Å². The normalized spacial score (nSPS) is 13.9. The van der Waals surface area contributed by atoms with Gasteiger partial charge in [-0.25, -0.2) is 0 Å². The molecule has 0 aromatic heterocycles. The van der Waals surface area contributed by atoms with Crippen molar-refractivity contribution in [2.24, 2.45) is 0 Å². The molecule has 1 aromatic carbocycles. The zero-order chi connectivity index (χ0) is 15.0. The van der Waals surface area contributed by atoms with Crippen molar-refractivity contribution in [2.75, 3.05) is 26.8 Å². The number of aliphatic hydroxyl groups is 1. The van der Waals surface area contributed by atoms with Gasteiger partial charge < -0.3 is 15.2 Å². The zero-order valence-corrected chi connectivity index (χ0v) is 12.0. The molecule has 0 aliphatic heterocycles. The lowest BCUT2D eigenvalue weighted by Gasteiger charge is -2.23. The second-order valence-electron chi connectivity index (χ2n) is 5.09. The summed E-state index contributed by atoms with van der Waals surface area (Å²) in [5, 5.41) is 23.7. The van der Waals surface area contributed by atoms with E-state index < -0.39 is 10.5 Å². The van der Waals surface area contributed by atoms with Crippen molar-refractivity contribution in [3.63, 3.8) is 0 Å². The number of nitrogens with zero attached hydrogens (tertiary/aromatic N) is 1. The van der Waals surface area contributed by atoms with E-state index in [9.17, 15) is 15.2 Å². The van der Waals surface area contributed by atoms with E-state index in [1.807, 2.05) is 0 Å². The van der Waals surface area contributed by atoms with Gasteiger partial charge in [-0.3, -0.25) is 10.1 Å². The van der Waals surface area contributed by atoms with E-state index in [0.717, 1.165) is 12.0 Å². The molecular formula is C14H22N2O4. The Morgan fingerprint density at radius 2 is 2.05 bits per heavy atom. The van der Waals surface area contributed by atoms with Crippen molar-refractivity contribution in [3.05, 3.63) is 39.9 Å². The number of hydrogen-bond donors (Lipinski definition) is 2. The summed E-state index contributed by atoms with van der Waals surface area (Å²) >= 11 is 0. The molecule has 112 valence electrons. The average Bonchev–Trinajstić information content (AvgIpc) is 2.42. The second-order valence-corrected chi connectivity index (χ2v) is 5.09. The lowest BCUT2D eigenvalue weighted by molar-refractivity contribution is -0.384. The third kappa shape index (κ3) is 6.10. The first-order valence-corrected chi connectivity index (χ1v) is 6.60. The quantitative estimate of drug-likeness (QED) is 0.407. The third-order valence-corrected chi connectivity index (χ3v) is 3.09. The average molecular weight is 282 g/mol. The standard InChI is InChI=1S/C14H22N2O4/c1-14(17,8-10-20-2)11-15-9-7-12-3-5-13(6-4-12)16(18)19/h3-6,15,17H,7-11H2,1-2H3. The van der Waals surface area contributed by atoms with Crippen LogP contribution in [0.15, 0.2) is 24.3 Å². The minimum Gasteiger partial charge on any atom is -0.389 e. The molecule has 1 atom stereocenters. The Morgan fingerprint density at radius 3 is 2.60 bits per heavy atom. The highest BCUT2D eigenvalue weighted by molar-refractivity contribution is 5.32. The van der Waals surface area contributed by atoms with Gasteiger partial charge in [-0.15, -0.1) is 0 Å². The number of nitro groups is 1. The molecule has 0 aliphatic carbocycles. The summed E-state index contributed by atoms with van der Waals surface area (Å²) in [6.45, 7) is 3.49. The lowest BCUT2D eigenvalue weighted by atomic mass is 10.0. The maximum Gasteiger partial charge on any atom is 0.269 e. The second kappa shape index (κ2) is 7.94. The number of benzene rings is 1. The Bertz CT molecular complexity index is 418. The van der Waals surface area contributed by atoms with Crippen molar-refractivity contribution in [1.29, 1.82) is 0 Å². The number of ether oxygens (including phenoxy) is 1. The van der Waals surface area contributed by atoms with Crippen LogP contribution in [0.2, 0.25) is 0 Å². The Labute approximate surface area is 118 Å². The van der Waals surface area contributed by atoms with Gasteiger partial charge >= 0.3 is 0 Å². The molecule has 0 bridgehead atoms. The minimum absolute atomic E-state index is 0.101. The maximum absolute atomic E-state index is 10.5. The van der Waals surface area contributed by atoms with Crippen molar-refractivity contribution in [1.82, 2.24) is 5.32 Å². The van der Waals surface area contributed by atoms with E-state index in [2.05, 4.69) is 5.32 Å². The van der Waals surface area contributed by atoms with E-state index >= 15 is 0 Å². The molecule has 0 radical (unpaired) electrons. The number of methoxy groups -OCH3 is 1. The van der Waals surface area contributed by atoms with E-state index in [1.165, 1.54) is 12.1 Å². The van der Waals surface area contributed by atoms with Gasteiger partial charge in [0.2, 0.25) is 0 Å². The predicted octanol–water partition coefficient (Wildman–Crippen LogP) is 1.51. The largest absolute Gasteiger partial charge is 0.389 e. The highest BCUT2D eigenvalue weighted by atomic mass is 16.6. The van der Waals surface area contributed by atoms with Crippen LogP contribution in [0, 0.1) is 10.1 Å². The molecule has 0 heterocycles. The van der Waals surface area contributed by atoms with Crippen LogP contribution >= 0.6 is 0 Å². The van der Waals surface area contributed by atoms with Crippen LogP contribution in [-0.2, 0) is 11.2 Å². The highest BCUT2D eigenvalue weighted by Crippen LogP contribution is 2.12. The molecule has 1 unspecified atom stereocenters. The highest BCUT2D eigenvalue weighted by Gasteiger charge is 2.18. The molecule has 0 spiro atoms. The molecule has 0 saturated heterocycles. The molecular weight excluding hydrogens is 260 g/mol. The molecule has 0 saturated carbocycles. The molecule has 0 aliphatic rings. The van der Waals surface area contributed by atoms with Gasteiger partial charge in [0.1, 0.15) is 0 Å². The minimum atomic E-state index is -0.786. The van der Waals surface area contributed by atoms with Crippen LogP contribution < -0.4 is 5.32 Å². The number of non-ortho nitro benzene ring substituents is 1. The molecule has 1 rings (SSSR count). The molecule has 20 heavy (non-hydrogen) atoms. The summed E-state index contributed by atoms with van der Waals surface area (Å²) in [5.41, 5.74) is 0.342. The van der Waals surface area contributed by atoms with Crippen LogP contribution in [0.25, 0.3) is 0 Å². The van der Waals surface area contributed by atoms with Crippen LogP contribution in [0.1, 0.15) is 18.9 Å². The van der Waals surface area contributed by atoms with Crippen LogP contribution in [-0.4, -0.2) is 42.4 Å². The number of rotatable bonds is 9. The smallest absolute Gasteiger partial charge is 0.269 e. The van der Waals surface area contributed by atoms with E-state index in [4.69, 9.17) is 4.74 Å². The van der Waals surface area contributed by atoms with Crippen molar-refractivity contribution in [3.8, 4) is 0 Å². The number of nitro benzene ring substituents is 1. The first-order chi connectivity index (χ1) is 9.44. The first kappa shape index (κ1) is 16.6. The van der Waals surface area contributed by atoms with E-state index in [1.54, 1.807) is 26.2 Å². The summed E-state index contributed by atoms with van der Waals surface area (Å²) in [6.07, 6.45) is 1.34. The SMILES string of the molecule is COCCC(C)(O)CNCCc1ccc([N+](=O)[O-])cc1. The van der Waals surface area contributed by atoms with Crippen molar-refractivity contribution >= 4 is 5.69 Å². The van der Waals surface area contributed by atoms with Crippen molar-refractivity contribution < 1.29 is 14.8 Å². The van der Waals surface area contributed by atoms with Gasteiger partial charge in [-0.05, 0) is 25.5 Å². The van der Waals surface area contributed by atoms with Gasteiger partial charge in [0.25, 0.3) is 5.69 Å². The fourth-order valence-corrected chi connectivity index (χ4v) is 1.79. The molecule has 1 aromatic rings. The van der Waals surface area contributed by atoms with Gasteiger partial charge in [-0.2, -0.15) is 0 Å². The monoisotopic (exact) mass is 282 g/mol. The summed E-state index contributed by atoms with van der Waals surface area (Å²) in [4.78, 5) is 10.1. The Kier molecular flexibility index (Phi) is 6.57. The molecule has 6 nitrogen and oxygen atoms in total. The maximum atomic E-state index is 10.5. The fraction of sp³-hybridized carbons (Fsp3) is 0.571. The number of hydrogen-bond acceptors (Lipinski definition) is 5. The molecule has 0 fully saturated rings. The van der Waals surface area contributed by atoms with Crippen LogP contribution in [0.5, 0.6) is 0 Å². The summed E-state index contributed by atoms with van der Waals surface area (Å²) in [5.74, 6) is 0. The molecule has 6 heteroatoms. The Morgan fingerprint density at radius 1 is 1.40 bits per heavy atom. The van der Waals surface area contributed by atoms with Crippen LogP contribution in [0.4, 0.5) is 5.69 Å². The van der Waals surface area contributed by atoms with E-state index in [-0.39, 0.29) is 5.69 Å². The van der Waals surface area contributed by atoms with E-state index in [0.29, 0.717) is 26.1 Å².